The van der Waals surface area contributed by atoms with Crippen LogP contribution in [0.3, 0.4) is 0 Å². The largest absolute Gasteiger partial charge is 0.497 e. The Balaban J connectivity index is 0.000000211. The third-order valence-electron chi connectivity index (χ3n) is 4.94. The van der Waals surface area contributed by atoms with Gasteiger partial charge in [0.2, 0.25) is 0 Å². The minimum atomic E-state index is -1.47. The summed E-state index contributed by atoms with van der Waals surface area (Å²) in [7, 11) is 1.50. The van der Waals surface area contributed by atoms with E-state index in [9.17, 15) is 17.6 Å². The highest BCUT2D eigenvalue weighted by Crippen LogP contribution is 2.33. The molecular formula is C26H24BBrF4N2O4. The molecule has 0 saturated carbocycles. The topological polar surface area (TPSA) is 111 Å². The van der Waals surface area contributed by atoms with Crippen molar-refractivity contribution in [3.8, 4) is 22.6 Å². The lowest BCUT2D eigenvalue weighted by molar-refractivity contribution is 0.403. The first-order valence-corrected chi connectivity index (χ1v) is 11.6. The highest BCUT2D eigenvalue weighted by molar-refractivity contribution is 9.10. The van der Waals surface area contributed by atoms with Crippen LogP contribution in [0.5, 0.6) is 11.5 Å². The molecule has 0 aromatic heterocycles. The molecule has 0 aliphatic heterocycles. The number of hydrogen-bond acceptors (Lipinski definition) is 6. The summed E-state index contributed by atoms with van der Waals surface area (Å²) >= 11 is 2.81. The summed E-state index contributed by atoms with van der Waals surface area (Å²) in [6, 6.07) is 17.6. The van der Waals surface area contributed by atoms with E-state index in [0.29, 0.717) is 22.5 Å². The summed E-state index contributed by atoms with van der Waals surface area (Å²) in [4.78, 5) is 0. The Bertz CT molecular complexity index is 1330. The van der Waals surface area contributed by atoms with Gasteiger partial charge in [-0.1, -0.05) is 36.4 Å². The number of nitrogens with two attached hydrogens (primary N) is 2. The van der Waals surface area contributed by atoms with Gasteiger partial charge in [-0.15, -0.1) is 0 Å². The fraction of sp³-hybridized carbons (Fsp3) is 0.0769. The predicted octanol–water partition coefficient (Wildman–Crippen LogP) is 4.91. The molecule has 0 aliphatic rings. The summed E-state index contributed by atoms with van der Waals surface area (Å²) in [5.74, 6) is -1.43. The van der Waals surface area contributed by atoms with E-state index in [-0.39, 0.29) is 21.4 Å². The fourth-order valence-corrected chi connectivity index (χ4v) is 3.37. The first-order valence-electron chi connectivity index (χ1n) is 10.8. The number of halogens is 5. The van der Waals surface area contributed by atoms with E-state index in [1.807, 2.05) is 0 Å². The second-order valence-electron chi connectivity index (χ2n) is 7.46. The van der Waals surface area contributed by atoms with E-state index in [1.54, 1.807) is 48.5 Å². The molecule has 0 amide bonds. The van der Waals surface area contributed by atoms with Gasteiger partial charge in [-0.05, 0) is 40.2 Å². The quantitative estimate of drug-likeness (QED) is 0.116. The van der Waals surface area contributed by atoms with Crippen molar-refractivity contribution >= 4 is 39.9 Å². The maximum atomic E-state index is 13.7. The van der Waals surface area contributed by atoms with Crippen molar-refractivity contribution in [2.75, 3.05) is 25.7 Å². The molecular weight excluding hydrogens is 571 g/mol. The van der Waals surface area contributed by atoms with E-state index < -0.39 is 30.4 Å². The molecule has 0 unspecified atom stereocenters. The second-order valence-corrected chi connectivity index (χ2v) is 8.31. The number of ether oxygens (including phenoxy) is 2. The van der Waals surface area contributed by atoms with Crippen molar-refractivity contribution in [2.24, 2.45) is 0 Å². The van der Waals surface area contributed by atoms with Gasteiger partial charge in [0.1, 0.15) is 34.8 Å². The van der Waals surface area contributed by atoms with Gasteiger partial charge < -0.3 is 31.0 Å². The summed E-state index contributed by atoms with van der Waals surface area (Å²) in [5.41, 5.74) is 11.0. The van der Waals surface area contributed by atoms with Crippen LogP contribution >= 0.6 is 15.9 Å². The molecule has 38 heavy (non-hydrogen) atoms. The van der Waals surface area contributed by atoms with E-state index >= 15 is 0 Å². The zero-order valence-electron chi connectivity index (χ0n) is 20.3. The van der Waals surface area contributed by atoms with Gasteiger partial charge in [-0.3, -0.25) is 0 Å². The first-order chi connectivity index (χ1) is 18.0. The average molecular weight is 595 g/mol. The SMILES string of the molecule is COc1ccccc1-c1cc(F)c(N)cc1F.COc1ccccc1B(O)O.Nc1cc(F)c(Br)cc1F. The average Bonchev–Trinajstić information content (AvgIpc) is 2.90. The lowest BCUT2D eigenvalue weighted by Crippen LogP contribution is -2.30. The van der Waals surface area contributed by atoms with Gasteiger partial charge in [0.15, 0.2) is 0 Å². The maximum Gasteiger partial charge on any atom is 0.492 e. The van der Waals surface area contributed by atoms with Crippen LogP contribution in [-0.4, -0.2) is 31.4 Å². The maximum absolute atomic E-state index is 13.7. The van der Waals surface area contributed by atoms with Gasteiger partial charge >= 0.3 is 7.12 Å². The Morgan fingerprint density at radius 2 is 1.16 bits per heavy atom. The van der Waals surface area contributed by atoms with E-state index in [4.69, 9.17) is 31.0 Å². The van der Waals surface area contributed by atoms with Crippen LogP contribution in [0.1, 0.15) is 0 Å². The fourth-order valence-electron chi connectivity index (χ4n) is 3.05. The highest BCUT2D eigenvalue weighted by Gasteiger charge is 2.15. The van der Waals surface area contributed by atoms with Crippen LogP contribution < -0.4 is 26.4 Å². The second kappa shape index (κ2) is 14.3. The molecule has 4 aromatic rings. The molecule has 0 fully saturated rings. The van der Waals surface area contributed by atoms with Crippen LogP contribution in [0, 0.1) is 23.3 Å². The van der Waals surface area contributed by atoms with Crippen LogP contribution in [0.2, 0.25) is 0 Å². The van der Waals surface area contributed by atoms with Crippen LogP contribution in [-0.2, 0) is 0 Å². The van der Waals surface area contributed by atoms with Crippen molar-refractivity contribution in [1.82, 2.24) is 0 Å². The Kier molecular flexibility index (Phi) is 11.4. The molecule has 4 aromatic carbocycles. The number of rotatable bonds is 4. The van der Waals surface area contributed by atoms with Crippen LogP contribution in [0.25, 0.3) is 11.1 Å². The number of hydrogen-bond donors (Lipinski definition) is 4. The number of methoxy groups -OCH3 is 2. The van der Waals surface area contributed by atoms with Gasteiger partial charge in [0.05, 0.1) is 30.1 Å². The molecule has 4 rings (SSSR count). The highest BCUT2D eigenvalue weighted by atomic mass is 79.9. The molecule has 0 atom stereocenters. The molecule has 0 radical (unpaired) electrons. The Morgan fingerprint density at radius 3 is 1.68 bits per heavy atom. The standard InChI is InChI=1S/C13H11F2NO.C7H9BO3.C6H4BrF2N/c1-17-13-5-3-2-4-8(13)9-6-11(15)12(16)7-10(9)14;1-11-7-5-3-2-4-6(7)8(9)10;7-3-1-5(9)6(10)2-4(3)8/h2-7H,16H2,1H3;2-5,9-10H,1H3;1-2H,10H2. The summed E-state index contributed by atoms with van der Waals surface area (Å²) in [6.45, 7) is 0. The normalized spacial score (nSPS) is 9.92. The molecule has 0 saturated heterocycles. The number of anilines is 2. The summed E-state index contributed by atoms with van der Waals surface area (Å²) in [5, 5.41) is 17.6. The van der Waals surface area contributed by atoms with Crippen molar-refractivity contribution in [2.45, 2.75) is 0 Å². The lowest BCUT2D eigenvalue weighted by Gasteiger charge is -2.10. The van der Waals surface area contributed by atoms with Crippen molar-refractivity contribution in [3.63, 3.8) is 0 Å². The molecule has 0 bridgehead atoms. The minimum absolute atomic E-state index is 0.0826. The molecule has 200 valence electrons. The molecule has 6 nitrogen and oxygen atoms in total. The van der Waals surface area contributed by atoms with E-state index in [1.165, 1.54) is 14.2 Å². The molecule has 0 aliphatic carbocycles. The number of benzene rings is 4. The molecule has 6 N–H and O–H groups in total. The van der Waals surface area contributed by atoms with Crippen molar-refractivity contribution in [3.05, 3.63) is 101 Å². The zero-order chi connectivity index (χ0) is 28.4. The van der Waals surface area contributed by atoms with Crippen LogP contribution in [0.15, 0.2) is 77.3 Å². The van der Waals surface area contributed by atoms with E-state index in [0.717, 1.165) is 24.3 Å². The monoisotopic (exact) mass is 594 g/mol. The van der Waals surface area contributed by atoms with E-state index in [2.05, 4.69) is 15.9 Å². The Hall–Kier alpha value is -3.74. The molecule has 0 spiro atoms. The Labute approximate surface area is 225 Å². The van der Waals surface area contributed by atoms with Gasteiger partial charge in [0.25, 0.3) is 0 Å². The molecule has 0 heterocycles. The summed E-state index contributed by atoms with van der Waals surface area (Å²) < 4.78 is 62.1. The van der Waals surface area contributed by atoms with Crippen molar-refractivity contribution < 1.29 is 37.1 Å². The predicted molar refractivity (Wildman–Crippen MR) is 144 cm³/mol. The summed E-state index contributed by atoms with van der Waals surface area (Å²) in [6.07, 6.45) is 0. The smallest absolute Gasteiger partial charge is 0.492 e. The Morgan fingerprint density at radius 1 is 0.658 bits per heavy atom. The van der Waals surface area contributed by atoms with Gasteiger partial charge in [0, 0.05) is 28.7 Å². The molecule has 12 heteroatoms. The number of para-hydroxylation sites is 2. The van der Waals surface area contributed by atoms with Gasteiger partial charge in [-0.2, -0.15) is 0 Å². The van der Waals surface area contributed by atoms with Gasteiger partial charge in [-0.25, -0.2) is 17.6 Å². The van der Waals surface area contributed by atoms with Crippen LogP contribution in [0.4, 0.5) is 28.9 Å². The third kappa shape index (κ3) is 8.14. The minimum Gasteiger partial charge on any atom is -0.497 e. The lowest BCUT2D eigenvalue weighted by atomic mass is 9.80. The number of nitrogen functional groups attached to an aromatic ring is 2. The zero-order valence-corrected chi connectivity index (χ0v) is 21.8. The first kappa shape index (κ1) is 30.5. The third-order valence-corrected chi connectivity index (χ3v) is 5.55. The van der Waals surface area contributed by atoms with Crippen molar-refractivity contribution in [1.29, 1.82) is 0 Å².